The van der Waals surface area contributed by atoms with Crippen LogP contribution in [0.25, 0.3) is 0 Å². The van der Waals surface area contributed by atoms with Gasteiger partial charge in [-0.1, -0.05) is 0 Å². The second-order valence-corrected chi connectivity index (χ2v) is 8.12. The van der Waals surface area contributed by atoms with Crippen LogP contribution in [0.2, 0.25) is 0 Å². The zero-order valence-corrected chi connectivity index (χ0v) is 17.2. The summed E-state index contributed by atoms with van der Waals surface area (Å²) < 4.78 is 47.4. The Hall–Kier alpha value is -2.36. The van der Waals surface area contributed by atoms with Crippen molar-refractivity contribution in [2.45, 2.75) is 57.8 Å². The highest BCUT2D eigenvalue weighted by Crippen LogP contribution is 2.32. The summed E-state index contributed by atoms with van der Waals surface area (Å²) in [5.41, 5.74) is 0.412. The Kier molecular flexibility index (Phi) is 5.61. The normalized spacial score (nSPS) is 20.8. The third-order valence-corrected chi connectivity index (χ3v) is 6.03. The van der Waals surface area contributed by atoms with Gasteiger partial charge in [0.25, 0.3) is 0 Å². The lowest BCUT2D eigenvalue weighted by Crippen LogP contribution is -2.33. The van der Waals surface area contributed by atoms with Gasteiger partial charge in [0.1, 0.15) is 12.4 Å². The molecule has 2 aromatic rings. The number of likely N-dealkylation sites (tertiary alicyclic amines) is 1. The van der Waals surface area contributed by atoms with Gasteiger partial charge in [0.15, 0.2) is 5.69 Å². The fraction of sp³-hybridized carbons (Fsp3) is 0.650. The molecule has 4 rings (SSSR count). The van der Waals surface area contributed by atoms with Gasteiger partial charge >= 0.3 is 6.18 Å². The maximum Gasteiger partial charge on any atom is 0.435 e. The predicted octanol–water partition coefficient (Wildman–Crippen LogP) is 3.08. The van der Waals surface area contributed by atoms with Crippen LogP contribution >= 0.6 is 0 Å². The van der Waals surface area contributed by atoms with Gasteiger partial charge in [-0.25, -0.2) is 4.98 Å². The highest BCUT2D eigenvalue weighted by atomic mass is 19.4. The lowest BCUT2D eigenvalue weighted by Gasteiger charge is -2.26. The van der Waals surface area contributed by atoms with Gasteiger partial charge < -0.3 is 14.2 Å². The van der Waals surface area contributed by atoms with Crippen molar-refractivity contribution in [2.75, 3.05) is 26.3 Å². The van der Waals surface area contributed by atoms with E-state index in [0.717, 1.165) is 54.7 Å². The van der Waals surface area contributed by atoms with Crippen LogP contribution in [-0.2, 0) is 22.3 Å². The van der Waals surface area contributed by atoms with Crippen LogP contribution in [0.15, 0.2) is 12.3 Å². The van der Waals surface area contributed by atoms with Crippen molar-refractivity contribution in [1.82, 2.24) is 24.2 Å². The molecule has 0 bridgehead atoms. The van der Waals surface area contributed by atoms with E-state index in [-0.39, 0.29) is 18.5 Å². The van der Waals surface area contributed by atoms with E-state index in [1.807, 2.05) is 13.1 Å². The molecule has 164 valence electrons. The molecule has 0 aliphatic carbocycles. The van der Waals surface area contributed by atoms with E-state index < -0.39 is 11.9 Å². The SMILES string of the molecule is Cc1cc(C(F)(F)F)nn1CC(=O)N1CCC(n2c(C)cnc2C2CCOCC2)C1. The molecule has 1 unspecified atom stereocenters. The Labute approximate surface area is 172 Å². The molecule has 4 heterocycles. The van der Waals surface area contributed by atoms with Crippen LogP contribution in [0.3, 0.4) is 0 Å². The molecule has 1 atom stereocenters. The van der Waals surface area contributed by atoms with Crippen molar-refractivity contribution in [1.29, 1.82) is 0 Å². The zero-order chi connectivity index (χ0) is 21.5. The maximum absolute atomic E-state index is 12.9. The average Bonchev–Trinajstić information content (AvgIpc) is 3.41. The van der Waals surface area contributed by atoms with E-state index in [0.29, 0.717) is 24.7 Å². The number of imidazole rings is 1. The van der Waals surface area contributed by atoms with E-state index in [2.05, 4.69) is 14.6 Å². The van der Waals surface area contributed by atoms with Crippen molar-refractivity contribution >= 4 is 5.91 Å². The van der Waals surface area contributed by atoms with Gasteiger partial charge in [0.05, 0.1) is 6.04 Å². The van der Waals surface area contributed by atoms with Gasteiger partial charge in [0.2, 0.25) is 5.91 Å². The van der Waals surface area contributed by atoms with E-state index >= 15 is 0 Å². The fourth-order valence-electron chi connectivity index (χ4n) is 4.41. The summed E-state index contributed by atoms with van der Waals surface area (Å²) in [6.45, 7) is 5.91. The summed E-state index contributed by atoms with van der Waals surface area (Å²) in [5, 5.41) is 3.57. The maximum atomic E-state index is 12.9. The Morgan fingerprint density at radius 2 is 1.93 bits per heavy atom. The summed E-state index contributed by atoms with van der Waals surface area (Å²) in [7, 11) is 0. The lowest BCUT2D eigenvalue weighted by atomic mass is 9.99. The summed E-state index contributed by atoms with van der Waals surface area (Å²) in [6, 6.07) is 1.09. The number of ether oxygens (including phenoxy) is 1. The third kappa shape index (κ3) is 4.10. The van der Waals surface area contributed by atoms with E-state index in [9.17, 15) is 18.0 Å². The van der Waals surface area contributed by atoms with E-state index in [4.69, 9.17) is 4.74 Å². The van der Waals surface area contributed by atoms with Crippen LogP contribution in [0.4, 0.5) is 13.2 Å². The number of carbonyl (C=O) groups is 1. The Balaban J connectivity index is 1.45. The minimum absolute atomic E-state index is 0.124. The van der Waals surface area contributed by atoms with Crippen LogP contribution in [0.5, 0.6) is 0 Å². The van der Waals surface area contributed by atoms with Gasteiger partial charge in [-0.15, -0.1) is 0 Å². The molecule has 7 nitrogen and oxygen atoms in total. The third-order valence-electron chi connectivity index (χ3n) is 6.03. The summed E-state index contributed by atoms with van der Waals surface area (Å²) in [5.74, 6) is 1.18. The molecule has 0 radical (unpaired) electrons. The highest BCUT2D eigenvalue weighted by Gasteiger charge is 2.35. The molecular formula is C20H26F3N5O2. The van der Waals surface area contributed by atoms with Crippen LogP contribution < -0.4 is 0 Å². The number of aryl methyl sites for hydroxylation is 2. The number of carbonyl (C=O) groups excluding carboxylic acids is 1. The van der Waals surface area contributed by atoms with Crippen LogP contribution in [0, 0.1) is 13.8 Å². The van der Waals surface area contributed by atoms with Crippen molar-refractivity contribution in [2.24, 2.45) is 0 Å². The standard InChI is InChI=1S/C20H26F3N5O2/c1-13-9-17(20(21,22)23)25-27(13)12-18(29)26-6-3-16(11-26)28-14(2)10-24-19(28)15-4-7-30-8-5-15/h9-10,15-16H,3-8,11-12H2,1-2H3. The number of halogens is 3. The molecule has 0 N–H and O–H groups in total. The van der Waals surface area contributed by atoms with Gasteiger partial charge in [0, 0.05) is 49.8 Å². The van der Waals surface area contributed by atoms with Crippen LogP contribution in [-0.4, -0.2) is 56.4 Å². The van der Waals surface area contributed by atoms with E-state index in [1.54, 1.807) is 4.90 Å². The average molecular weight is 425 g/mol. The first-order valence-corrected chi connectivity index (χ1v) is 10.2. The summed E-state index contributed by atoms with van der Waals surface area (Å²) in [6.07, 6.45) is 0.0290. The predicted molar refractivity (Wildman–Crippen MR) is 102 cm³/mol. The van der Waals surface area contributed by atoms with Crippen molar-refractivity contribution < 1.29 is 22.7 Å². The second kappa shape index (κ2) is 8.05. The number of amides is 1. The van der Waals surface area contributed by atoms with Crippen molar-refractivity contribution in [3.05, 3.63) is 35.2 Å². The lowest BCUT2D eigenvalue weighted by molar-refractivity contribution is -0.142. The Morgan fingerprint density at radius 1 is 1.20 bits per heavy atom. The first-order chi connectivity index (χ1) is 14.2. The zero-order valence-electron chi connectivity index (χ0n) is 17.2. The molecule has 10 heteroatoms. The van der Waals surface area contributed by atoms with E-state index in [1.165, 1.54) is 6.92 Å². The highest BCUT2D eigenvalue weighted by molar-refractivity contribution is 5.76. The Bertz CT molecular complexity index is 914. The smallest absolute Gasteiger partial charge is 0.381 e. The second-order valence-electron chi connectivity index (χ2n) is 8.12. The molecule has 2 aromatic heterocycles. The molecule has 2 aliphatic heterocycles. The van der Waals surface area contributed by atoms with Gasteiger partial charge in [-0.05, 0) is 39.2 Å². The number of hydrogen-bond acceptors (Lipinski definition) is 4. The van der Waals surface area contributed by atoms with Gasteiger partial charge in [-0.3, -0.25) is 9.48 Å². The molecule has 2 fully saturated rings. The van der Waals surface area contributed by atoms with Crippen molar-refractivity contribution in [3.63, 3.8) is 0 Å². The monoisotopic (exact) mass is 425 g/mol. The molecular weight excluding hydrogens is 399 g/mol. The number of aromatic nitrogens is 4. The number of rotatable bonds is 4. The molecule has 2 aliphatic rings. The molecule has 0 spiro atoms. The number of nitrogens with zero attached hydrogens (tertiary/aromatic N) is 5. The number of hydrogen-bond donors (Lipinski definition) is 0. The first kappa shape index (κ1) is 20.9. The Morgan fingerprint density at radius 3 is 2.60 bits per heavy atom. The minimum Gasteiger partial charge on any atom is -0.381 e. The number of alkyl halides is 3. The molecule has 1 amide bonds. The molecule has 0 aromatic carbocycles. The summed E-state index contributed by atoms with van der Waals surface area (Å²) in [4.78, 5) is 19.1. The quantitative estimate of drug-likeness (QED) is 0.755. The van der Waals surface area contributed by atoms with Crippen molar-refractivity contribution in [3.8, 4) is 0 Å². The largest absolute Gasteiger partial charge is 0.435 e. The first-order valence-electron chi connectivity index (χ1n) is 10.2. The molecule has 30 heavy (non-hydrogen) atoms. The minimum atomic E-state index is -4.52. The van der Waals surface area contributed by atoms with Gasteiger partial charge in [-0.2, -0.15) is 18.3 Å². The van der Waals surface area contributed by atoms with Crippen LogP contribution in [0.1, 0.15) is 54.1 Å². The molecule has 0 saturated carbocycles. The molecule has 2 saturated heterocycles. The summed E-state index contributed by atoms with van der Waals surface area (Å²) >= 11 is 0. The topological polar surface area (TPSA) is 65.2 Å². The fourth-order valence-corrected chi connectivity index (χ4v) is 4.41.